The molecule has 2 heteroatoms. The number of hydrogen-bond donors (Lipinski definition) is 1. The first-order valence-electron chi connectivity index (χ1n) is 7.55. The molecule has 1 unspecified atom stereocenters. The Balaban J connectivity index is 2.07. The van der Waals surface area contributed by atoms with Crippen LogP contribution in [-0.2, 0) is 0 Å². The van der Waals surface area contributed by atoms with E-state index in [2.05, 4.69) is 56.4 Å². The van der Waals surface area contributed by atoms with E-state index in [0.717, 1.165) is 5.75 Å². The van der Waals surface area contributed by atoms with Crippen molar-refractivity contribution in [1.82, 2.24) is 0 Å². The summed E-state index contributed by atoms with van der Waals surface area (Å²) < 4.78 is 5.68. The van der Waals surface area contributed by atoms with Crippen LogP contribution in [0, 0.1) is 13.8 Å². The monoisotopic (exact) mass is 283 g/mol. The average Bonchev–Trinajstić information content (AvgIpc) is 2.37. The van der Waals surface area contributed by atoms with E-state index in [9.17, 15) is 0 Å². The molecule has 0 fully saturated rings. The zero-order valence-corrected chi connectivity index (χ0v) is 13.6. The van der Waals surface area contributed by atoms with Crippen LogP contribution in [0.2, 0.25) is 0 Å². The summed E-state index contributed by atoms with van der Waals surface area (Å²) in [4.78, 5) is 0. The third-order valence-corrected chi connectivity index (χ3v) is 3.36. The Labute approximate surface area is 128 Å². The van der Waals surface area contributed by atoms with E-state index in [1.165, 1.54) is 22.4 Å². The Morgan fingerprint density at radius 1 is 0.857 bits per heavy atom. The Morgan fingerprint density at radius 3 is 1.95 bits per heavy atom. The third kappa shape index (κ3) is 4.52. The molecule has 0 aromatic heterocycles. The minimum atomic E-state index is 0.210. The molecule has 2 aromatic rings. The van der Waals surface area contributed by atoms with Gasteiger partial charge in [-0.25, -0.2) is 0 Å². The summed E-state index contributed by atoms with van der Waals surface area (Å²) in [6.45, 7) is 10.5. The second-order valence-electron chi connectivity index (χ2n) is 5.98. The van der Waals surface area contributed by atoms with Crippen molar-refractivity contribution in [3.05, 3.63) is 59.2 Å². The molecular formula is C19H25NO. The van der Waals surface area contributed by atoms with Gasteiger partial charge in [0, 0.05) is 11.7 Å². The van der Waals surface area contributed by atoms with Gasteiger partial charge >= 0.3 is 0 Å². The largest absolute Gasteiger partial charge is 0.491 e. The molecule has 0 aliphatic carbocycles. The molecule has 0 aliphatic heterocycles. The van der Waals surface area contributed by atoms with Gasteiger partial charge in [-0.05, 0) is 75.6 Å². The predicted octanol–water partition coefficient (Wildman–Crippen LogP) is 5.26. The van der Waals surface area contributed by atoms with Crippen molar-refractivity contribution in [1.29, 1.82) is 0 Å². The number of rotatable bonds is 5. The Bertz CT molecular complexity index is 567. The Hall–Kier alpha value is -1.96. The van der Waals surface area contributed by atoms with Crippen molar-refractivity contribution < 1.29 is 4.74 Å². The number of hydrogen-bond acceptors (Lipinski definition) is 2. The standard InChI is InChI=1S/C19H25NO/c1-13(2)21-19-8-6-17(7-9-19)16(5)20-18-11-14(3)10-15(4)12-18/h6-13,16,20H,1-5H3. The molecule has 0 saturated carbocycles. The number of ether oxygens (including phenoxy) is 1. The molecular weight excluding hydrogens is 258 g/mol. The normalized spacial score (nSPS) is 12.3. The quantitative estimate of drug-likeness (QED) is 0.807. The lowest BCUT2D eigenvalue weighted by molar-refractivity contribution is 0.242. The fourth-order valence-electron chi connectivity index (χ4n) is 2.50. The topological polar surface area (TPSA) is 21.3 Å². The average molecular weight is 283 g/mol. The molecule has 0 heterocycles. The highest BCUT2D eigenvalue weighted by atomic mass is 16.5. The molecule has 2 rings (SSSR count). The SMILES string of the molecule is Cc1cc(C)cc(NC(C)c2ccc(OC(C)C)cc2)c1. The van der Waals surface area contributed by atoms with Gasteiger partial charge in [-0.1, -0.05) is 18.2 Å². The van der Waals surface area contributed by atoms with Crippen LogP contribution in [-0.4, -0.2) is 6.10 Å². The van der Waals surface area contributed by atoms with Crippen molar-refractivity contribution in [2.45, 2.75) is 46.8 Å². The van der Waals surface area contributed by atoms with E-state index < -0.39 is 0 Å². The van der Waals surface area contributed by atoms with Crippen LogP contribution in [0.15, 0.2) is 42.5 Å². The Kier molecular flexibility index (Phi) is 4.89. The van der Waals surface area contributed by atoms with Gasteiger partial charge in [-0.2, -0.15) is 0 Å². The lowest BCUT2D eigenvalue weighted by Crippen LogP contribution is -2.08. The van der Waals surface area contributed by atoms with Gasteiger partial charge in [0.25, 0.3) is 0 Å². The van der Waals surface area contributed by atoms with Gasteiger partial charge in [0.1, 0.15) is 5.75 Å². The minimum Gasteiger partial charge on any atom is -0.491 e. The van der Waals surface area contributed by atoms with Crippen LogP contribution in [0.5, 0.6) is 5.75 Å². The summed E-state index contributed by atoms with van der Waals surface area (Å²) in [5.41, 5.74) is 4.99. The van der Waals surface area contributed by atoms with E-state index in [-0.39, 0.29) is 12.1 Å². The van der Waals surface area contributed by atoms with Crippen LogP contribution in [0.1, 0.15) is 43.5 Å². The number of anilines is 1. The van der Waals surface area contributed by atoms with Crippen LogP contribution in [0.3, 0.4) is 0 Å². The summed E-state index contributed by atoms with van der Waals surface area (Å²) >= 11 is 0. The minimum absolute atomic E-state index is 0.210. The van der Waals surface area contributed by atoms with E-state index in [1.807, 2.05) is 26.0 Å². The lowest BCUT2D eigenvalue weighted by atomic mass is 10.1. The van der Waals surface area contributed by atoms with Crippen LogP contribution >= 0.6 is 0 Å². The highest BCUT2D eigenvalue weighted by molar-refractivity contribution is 5.50. The van der Waals surface area contributed by atoms with Crippen molar-refractivity contribution in [3.63, 3.8) is 0 Å². The highest BCUT2D eigenvalue weighted by Crippen LogP contribution is 2.23. The Morgan fingerprint density at radius 2 is 1.43 bits per heavy atom. The fourth-order valence-corrected chi connectivity index (χ4v) is 2.50. The number of benzene rings is 2. The first-order valence-corrected chi connectivity index (χ1v) is 7.55. The highest BCUT2D eigenvalue weighted by Gasteiger charge is 2.07. The van der Waals surface area contributed by atoms with Gasteiger partial charge < -0.3 is 10.1 Å². The van der Waals surface area contributed by atoms with Crippen molar-refractivity contribution >= 4 is 5.69 Å². The lowest BCUT2D eigenvalue weighted by Gasteiger charge is -2.17. The fraction of sp³-hybridized carbons (Fsp3) is 0.368. The van der Waals surface area contributed by atoms with Gasteiger partial charge in [0.15, 0.2) is 0 Å². The molecule has 0 spiro atoms. The summed E-state index contributed by atoms with van der Waals surface area (Å²) in [6, 6.07) is 15.1. The summed E-state index contributed by atoms with van der Waals surface area (Å²) in [7, 11) is 0. The van der Waals surface area contributed by atoms with Gasteiger partial charge in [0.2, 0.25) is 0 Å². The second-order valence-corrected chi connectivity index (χ2v) is 5.98. The number of aryl methyl sites for hydroxylation is 2. The van der Waals surface area contributed by atoms with Gasteiger partial charge in [-0.15, -0.1) is 0 Å². The summed E-state index contributed by atoms with van der Waals surface area (Å²) in [5.74, 6) is 0.923. The molecule has 2 nitrogen and oxygen atoms in total. The maximum absolute atomic E-state index is 5.68. The first kappa shape index (κ1) is 15.4. The van der Waals surface area contributed by atoms with Crippen molar-refractivity contribution in [3.8, 4) is 5.75 Å². The molecule has 0 bridgehead atoms. The summed E-state index contributed by atoms with van der Waals surface area (Å²) in [5, 5.41) is 3.56. The zero-order chi connectivity index (χ0) is 15.4. The third-order valence-electron chi connectivity index (χ3n) is 3.36. The molecule has 0 aliphatic rings. The van der Waals surface area contributed by atoms with Crippen LogP contribution in [0.4, 0.5) is 5.69 Å². The van der Waals surface area contributed by atoms with Gasteiger partial charge in [-0.3, -0.25) is 0 Å². The molecule has 0 radical (unpaired) electrons. The molecule has 1 N–H and O–H groups in total. The maximum atomic E-state index is 5.68. The molecule has 112 valence electrons. The molecule has 2 aromatic carbocycles. The first-order chi connectivity index (χ1) is 9.94. The van der Waals surface area contributed by atoms with Crippen LogP contribution in [0.25, 0.3) is 0 Å². The maximum Gasteiger partial charge on any atom is 0.119 e. The molecule has 1 atom stereocenters. The molecule has 0 amide bonds. The number of nitrogens with one attached hydrogen (secondary N) is 1. The van der Waals surface area contributed by atoms with E-state index >= 15 is 0 Å². The molecule has 21 heavy (non-hydrogen) atoms. The molecule has 0 saturated heterocycles. The van der Waals surface area contributed by atoms with Crippen molar-refractivity contribution in [2.24, 2.45) is 0 Å². The van der Waals surface area contributed by atoms with E-state index in [4.69, 9.17) is 4.74 Å². The van der Waals surface area contributed by atoms with E-state index in [0.29, 0.717) is 0 Å². The predicted molar refractivity (Wildman–Crippen MR) is 90.2 cm³/mol. The summed E-state index contributed by atoms with van der Waals surface area (Å²) in [6.07, 6.45) is 0.210. The second kappa shape index (κ2) is 6.66. The van der Waals surface area contributed by atoms with Crippen LogP contribution < -0.4 is 10.1 Å². The van der Waals surface area contributed by atoms with Gasteiger partial charge in [0.05, 0.1) is 6.10 Å². The van der Waals surface area contributed by atoms with Crippen molar-refractivity contribution in [2.75, 3.05) is 5.32 Å². The van der Waals surface area contributed by atoms with E-state index in [1.54, 1.807) is 0 Å². The smallest absolute Gasteiger partial charge is 0.119 e. The zero-order valence-electron chi connectivity index (χ0n) is 13.6.